The SMILES string of the molecule is NCC(C(=O)O)N1CCC(CN2CCCC2)CC1. The molecule has 2 aliphatic heterocycles. The van der Waals surface area contributed by atoms with Crippen molar-refractivity contribution in [3.05, 3.63) is 0 Å². The smallest absolute Gasteiger partial charge is 0.322 e. The zero-order chi connectivity index (χ0) is 13.0. The Morgan fingerprint density at radius 3 is 2.33 bits per heavy atom. The van der Waals surface area contributed by atoms with Crippen LogP contribution in [0.3, 0.4) is 0 Å². The normalized spacial score (nSPS) is 25.4. The maximum absolute atomic E-state index is 11.1. The molecule has 0 spiro atoms. The highest BCUT2D eigenvalue weighted by molar-refractivity contribution is 5.73. The number of carboxylic acids is 1. The summed E-state index contributed by atoms with van der Waals surface area (Å²) in [6, 6.07) is -0.488. The maximum Gasteiger partial charge on any atom is 0.322 e. The number of likely N-dealkylation sites (tertiary alicyclic amines) is 2. The highest BCUT2D eigenvalue weighted by atomic mass is 16.4. The molecule has 0 aromatic rings. The highest BCUT2D eigenvalue weighted by Crippen LogP contribution is 2.21. The van der Waals surface area contributed by atoms with E-state index in [4.69, 9.17) is 10.8 Å². The van der Waals surface area contributed by atoms with Crippen molar-refractivity contribution in [2.45, 2.75) is 31.7 Å². The molecule has 1 unspecified atom stereocenters. The molecule has 5 nitrogen and oxygen atoms in total. The Kier molecular flexibility index (Phi) is 4.97. The molecule has 2 rings (SSSR count). The van der Waals surface area contributed by atoms with Gasteiger partial charge in [0.2, 0.25) is 0 Å². The van der Waals surface area contributed by atoms with Crippen LogP contribution in [0.2, 0.25) is 0 Å². The van der Waals surface area contributed by atoms with Crippen LogP contribution < -0.4 is 5.73 Å². The Bertz CT molecular complexity index is 271. The molecule has 0 radical (unpaired) electrons. The molecule has 18 heavy (non-hydrogen) atoms. The van der Waals surface area contributed by atoms with E-state index in [-0.39, 0.29) is 6.54 Å². The van der Waals surface area contributed by atoms with Crippen molar-refractivity contribution >= 4 is 5.97 Å². The molecule has 0 aliphatic carbocycles. The number of nitrogens with zero attached hydrogens (tertiary/aromatic N) is 2. The van der Waals surface area contributed by atoms with Gasteiger partial charge >= 0.3 is 5.97 Å². The van der Waals surface area contributed by atoms with Crippen molar-refractivity contribution in [2.24, 2.45) is 11.7 Å². The van der Waals surface area contributed by atoms with Crippen molar-refractivity contribution in [2.75, 3.05) is 39.3 Å². The third-order valence-corrected chi connectivity index (χ3v) is 4.31. The van der Waals surface area contributed by atoms with Gasteiger partial charge in [-0.1, -0.05) is 0 Å². The van der Waals surface area contributed by atoms with E-state index in [1.165, 1.54) is 32.5 Å². The topological polar surface area (TPSA) is 69.8 Å². The first-order valence-electron chi connectivity index (χ1n) is 7.10. The second kappa shape index (κ2) is 6.50. The van der Waals surface area contributed by atoms with E-state index in [2.05, 4.69) is 4.90 Å². The molecule has 0 aromatic heterocycles. The van der Waals surface area contributed by atoms with Gasteiger partial charge in [-0.25, -0.2) is 0 Å². The summed E-state index contributed by atoms with van der Waals surface area (Å²) in [4.78, 5) is 15.6. The highest BCUT2D eigenvalue weighted by Gasteiger charge is 2.29. The minimum Gasteiger partial charge on any atom is -0.480 e. The zero-order valence-electron chi connectivity index (χ0n) is 11.1. The van der Waals surface area contributed by atoms with Crippen molar-refractivity contribution in [3.8, 4) is 0 Å². The Morgan fingerprint density at radius 1 is 1.22 bits per heavy atom. The van der Waals surface area contributed by atoms with E-state index >= 15 is 0 Å². The standard InChI is InChI=1S/C13H25N3O2/c14-9-12(13(17)18)16-7-3-11(4-8-16)10-15-5-1-2-6-15/h11-12H,1-10,14H2,(H,17,18). The number of carbonyl (C=O) groups is 1. The molecule has 2 aliphatic rings. The van der Waals surface area contributed by atoms with E-state index in [9.17, 15) is 4.79 Å². The van der Waals surface area contributed by atoms with E-state index in [0.29, 0.717) is 0 Å². The van der Waals surface area contributed by atoms with Crippen LogP contribution in [-0.4, -0.2) is 66.2 Å². The van der Waals surface area contributed by atoms with Crippen LogP contribution in [0, 0.1) is 5.92 Å². The third-order valence-electron chi connectivity index (χ3n) is 4.31. The van der Waals surface area contributed by atoms with Gasteiger partial charge in [0.25, 0.3) is 0 Å². The van der Waals surface area contributed by atoms with Crippen molar-refractivity contribution < 1.29 is 9.90 Å². The minimum absolute atomic E-state index is 0.214. The van der Waals surface area contributed by atoms with Crippen LogP contribution in [0.15, 0.2) is 0 Å². The lowest BCUT2D eigenvalue weighted by Crippen LogP contribution is -2.50. The van der Waals surface area contributed by atoms with Crippen molar-refractivity contribution in [1.29, 1.82) is 0 Å². The summed E-state index contributed by atoms with van der Waals surface area (Å²) in [6.07, 6.45) is 4.90. The summed E-state index contributed by atoms with van der Waals surface area (Å²) >= 11 is 0. The molecule has 1 atom stereocenters. The minimum atomic E-state index is -0.782. The van der Waals surface area contributed by atoms with Gasteiger partial charge in [0.15, 0.2) is 0 Å². The van der Waals surface area contributed by atoms with E-state index in [1.54, 1.807) is 0 Å². The van der Waals surface area contributed by atoms with Gasteiger partial charge in [-0.15, -0.1) is 0 Å². The van der Waals surface area contributed by atoms with E-state index in [0.717, 1.165) is 31.8 Å². The Morgan fingerprint density at radius 2 is 1.83 bits per heavy atom. The van der Waals surface area contributed by atoms with E-state index < -0.39 is 12.0 Å². The monoisotopic (exact) mass is 255 g/mol. The summed E-state index contributed by atoms with van der Waals surface area (Å²) < 4.78 is 0. The molecule has 0 saturated carbocycles. The average molecular weight is 255 g/mol. The van der Waals surface area contributed by atoms with Crippen LogP contribution in [0.5, 0.6) is 0 Å². The fraction of sp³-hybridized carbons (Fsp3) is 0.923. The van der Waals surface area contributed by atoms with Gasteiger partial charge in [0, 0.05) is 13.1 Å². The molecule has 5 heteroatoms. The number of carboxylic acid groups (broad SMARTS) is 1. The van der Waals surface area contributed by atoms with Gasteiger partial charge in [-0.2, -0.15) is 0 Å². The van der Waals surface area contributed by atoms with Crippen LogP contribution >= 0.6 is 0 Å². The van der Waals surface area contributed by atoms with Gasteiger partial charge in [0.05, 0.1) is 0 Å². The van der Waals surface area contributed by atoms with Crippen LogP contribution in [0.1, 0.15) is 25.7 Å². The maximum atomic E-state index is 11.1. The lowest BCUT2D eigenvalue weighted by Gasteiger charge is -2.36. The summed E-state index contributed by atoms with van der Waals surface area (Å²) in [6.45, 7) is 5.68. The number of aliphatic carboxylic acids is 1. The molecule has 0 aromatic carbocycles. The Labute approximate surface area is 109 Å². The van der Waals surface area contributed by atoms with Crippen LogP contribution in [-0.2, 0) is 4.79 Å². The average Bonchev–Trinajstić information content (AvgIpc) is 2.84. The second-order valence-electron chi connectivity index (χ2n) is 5.58. The van der Waals surface area contributed by atoms with Gasteiger partial charge in [-0.05, 0) is 57.8 Å². The summed E-state index contributed by atoms with van der Waals surface area (Å²) in [5, 5.41) is 9.09. The van der Waals surface area contributed by atoms with E-state index in [1.807, 2.05) is 4.90 Å². The molecular weight excluding hydrogens is 230 g/mol. The lowest BCUT2D eigenvalue weighted by molar-refractivity contribution is -0.143. The quantitative estimate of drug-likeness (QED) is 0.735. The van der Waals surface area contributed by atoms with Crippen LogP contribution in [0.4, 0.5) is 0 Å². The molecule has 3 N–H and O–H groups in total. The molecule has 104 valence electrons. The number of piperidine rings is 1. The Balaban J connectivity index is 1.74. The number of hydrogen-bond acceptors (Lipinski definition) is 4. The largest absolute Gasteiger partial charge is 0.480 e. The number of hydrogen-bond donors (Lipinski definition) is 2. The van der Waals surface area contributed by atoms with Crippen molar-refractivity contribution in [3.63, 3.8) is 0 Å². The predicted octanol–water partition coefficient (Wildman–Crippen LogP) is 0.206. The van der Waals surface area contributed by atoms with Crippen molar-refractivity contribution in [1.82, 2.24) is 9.80 Å². The van der Waals surface area contributed by atoms with Gasteiger partial charge < -0.3 is 15.7 Å². The second-order valence-corrected chi connectivity index (χ2v) is 5.58. The first kappa shape index (κ1) is 13.8. The molecule has 2 heterocycles. The summed E-state index contributed by atoms with van der Waals surface area (Å²) in [5.41, 5.74) is 5.54. The lowest BCUT2D eigenvalue weighted by atomic mass is 9.95. The molecular formula is C13H25N3O2. The fourth-order valence-electron chi connectivity index (χ4n) is 3.18. The summed E-state index contributed by atoms with van der Waals surface area (Å²) in [5.74, 6) is -0.0398. The summed E-state index contributed by atoms with van der Waals surface area (Å²) in [7, 11) is 0. The number of rotatable bonds is 5. The third kappa shape index (κ3) is 3.43. The fourth-order valence-corrected chi connectivity index (χ4v) is 3.18. The number of nitrogens with two attached hydrogens (primary N) is 1. The first-order valence-corrected chi connectivity index (χ1v) is 7.10. The molecule has 2 saturated heterocycles. The molecule has 0 bridgehead atoms. The Hall–Kier alpha value is -0.650. The zero-order valence-corrected chi connectivity index (χ0v) is 11.1. The molecule has 0 amide bonds. The van der Waals surface area contributed by atoms with Gasteiger partial charge in [0.1, 0.15) is 6.04 Å². The predicted molar refractivity (Wildman–Crippen MR) is 70.4 cm³/mol. The van der Waals surface area contributed by atoms with Gasteiger partial charge in [-0.3, -0.25) is 9.69 Å². The molecule has 2 fully saturated rings. The van der Waals surface area contributed by atoms with Crippen LogP contribution in [0.25, 0.3) is 0 Å². The first-order chi connectivity index (χ1) is 8.70.